The second-order valence-electron chi connectivity index (χ2n) is 9.03. The highest BCUT2D eigenvalue weighted by molar-refractivity contribution is 6.07. The highest BCUT2D eigenvalue weighted by atomic mass is 16.6. The second-order valence-corrected chi connectivity index (χ2v) is 9.03. The van der Waals surface area contributed by atoms with E-state index >= 15 is 0 Å². The maximum Gasteiger partial charge on any atom is 0.328 e. The predicted octanol–water partition coefficient (Wildman–Crippen LogP) is 2.74. The van der Waals surface area contributed by atoms with Crippen LogP contribution in [0.1, 0.15) is 40.5 Å². The van der Waals surface area contributed by atoms with Gasteiger partial charge in [0.25, 0.3) is 5.91 Å². The molecule has 0 aliphatic carbocycles. The molecule has 158 valence electrons. The van der Waals surface area contributed by atoms with Crippen molar-refractivity contribution in [2.45, 2.75) is 64.3 Å². The number of imide groups is 1. The van der Waals surface area contributed by atoms with E-state index in [1.807, 2.05) is 52.0 Å². The minimum atomic E-state index is -0.794. The molecule has 29 heavy (non-hydrogen) atoms. The lowest BCUT2D eigenvalue weighted by molar-refractivity contribution is -0.134. The van der Waals surface area contributed by atoms with Gasteiger partial charge in [-0.1, -0.05) is 12.1 Å². The van der Waals surface area contributed by atoms with Crippen LogP contribution in [0.3, 0.4) is 0 Å². The lowest BCUT2D eigenvalue weighted by Crippen LogP contribution is -2.53. The first-order valence-corrected chi connectivity index (χ1v) is 10.6. The van der Waals surface area contributed by atoms with Crippen molar-refractivity contribution in [2.75, 3.05) is 26.2 Å². The molecule has 0 N–H and O–H groups in total. The van der Waals surface area contributed by atoms with Crippen LogP contribution in [0, 0.1) is 0 Å². The van der Waals surface area contributed by atoms with Crippen LogP contribution < -0.4 is 9.47 Å². The molecule has 7 nitrogen and oxygen atoms in total. The fraction of sp³-hybridized carbons (Fsp3) is 0.636. The normalized spacial score (nSPS) is 27.1. The zero-order valence-corrected chi connectivity index (χ0v) is 17.8. The van der Waals surface area contributed by atoms with E-state index in [1.165, 1.54) is 4.90 Å². The molecule has 3 amide bonds. The molecular formula is C22H31N3O4. The number of ether oxygens (including phenoxy) is 2. The Bertz CT molecular complexity index is 794. The minimum Gasteiger partial charge on any atom is -0.486 e. The van der Waals surface area contributed by atoms with Gasteiger partial charge in [0.15, 0.2) is 11.5 Å². The largest absolute Gasteiger partial charge is 0.486 e. The number of nitrogens with zero attached hydrogens (tertiary/aromatic N) is 3. The first-order chi connectivity index (χ1) is 13.8. The molecule has 0 spiro atoms. The minimum absolute atomic E-state index is 0.0148. The number of piperidine rings is 1. The summed E-state index contributed by atoms with van der Waals surface area (Å²) in [5.74, 6) is 1.47. The Balaban J connectivity index is 1.43. The van der Waals surface area contributed by atoms with Gasteiger partial charge in [0.05, 0.1) is 6.04 Å². The van der Waals surface area contributed by atoms with Crippen molar-refractivity contribution in [2.24, 2.45) is 0 Å². The number of benzene rings is 1. The van der Waals surface area contributed by atoms with E-state index < -0.39 is 5.54 Å². The molecule has 3 heterocycles. The van der Waals surface area contributed by atoms with Crippen molar-refractivity contribution in [3.63, 3.8) is 0 Å². The first-order valence-electron chi connectivity index (χ1n) is 10.6. The Morgan fingerprint density at radius 2 is 1.90 bits per heavy atom. The maximum atomic E-state index is 13.1. The lowest BCUT2D eigenvalue weighted by atomic mass is 10.00. The molecule has 0 saturated carbocycles. The van der Waals surface area contributed by atoms with Crippen LogP contribution >= 0.6 is 0 Å². The summed E-state index contributed by atoms with van der Waals surface area (Å²) in [6.45, 7) is 10.5. The van der Waals surface area contributed by atoms with E-state index in [4.69, 9.17) is 9.47 Å². The van der Waals surface area contributed by atoms with E-state index in [1.54, 1.807) is 4.90 Å². The molecular weight excluding hydrogens is 370 g/mol. The van der Waals surface area contributed by atoms with Crippen LogP contribution in [-0.2, 0) is 4.79 Å². The Morgan fingerprint density at radius 1 is 1.17 bits per heavy atom. The van der Waals surface area contributed by atoms with Gasteiger partial charge in [-0.2, -0.15) is 0 Å². The summed E-state index contributed by atoms with van der Waals surface area (Å²) < 4.78 is 11.9. The number of hydrogen-bond acceptors (Lipinski definition) is 5. The molecule has 4 rings (SSSR count). The SMILES string of the molecule is CC(C)N1C(=O)N([C@H]2CCCN(C[C@H]3COc4ccccc4O3)C2)C(=O)C1(C)C. The molecule has 0 bridgehead atoms. The molecule has 1 aromatic rings. The number of amides is 3. The maximum absolute atomic E-state index is 13.1. The number of urea groups is 1. The Labute approximate surface area is 172 Å². The van der Waals surface area contributed by atoms with E-state index in [0.29, 0.717) is 13.2 Å². The van der Waals surface area contributed by atoms with E-state index in [0.717, 1.165) is 37.4 Å². The predicted molar refractivity (Wildman–Crippen MR) is 109 cm³/mol. The average Bonchev–Trinajstić information content (AvgIpc) is 2.86. The van der Waals surface area contributed by atoms with Gasteiger partial charge in [0.1, 0.15) is 18.2 Å². The molecule has 0 aromatic heterocycles. The third-order valence-corrected chi connectivity index (χ3v) is 6.15. The number of carbonyl (C=O) groups is 2. The van der Waals surface area contributed by atoms with Gasteiger partial charge in [-0.15, -0.1) is 0 Å². The molecule has 7 heteroatoms. The van der Waals surface area contributed by atoms with Crippen LogP contribution in [0.2, 0.25) is 0 Å². The van der Waals surface area contributed by atoms with E-state index in [-0.39, 0.29) is 30.1 Å². The summed E-state index contributed by atoms with van der Waals surface area (Å²) in [5.41, 5.74) is -0.794. The molecule has 2 atom stereocenters. The molecule has 3 aliphatic heterocycles. The summed E-state index contributed by atoms with van der Waals surface area (Å²) in [4.78, 5) is 31.7. The number of para-hydroxylation sites is 2. The summed E-state index contributed by atoms with van der Waals surface area (Å²) in [6, 6.07) is 7.44. The zero-order valence-electron chi connectivity index (χ0n) is 17.8. The molecule has 2 saturated heterocycles. The monoisotopic (exact) mass is 401 g/mol. The lowest BCUT2D eigenvalue weighted by Gasteiger charge is -2.38. The second kappa shape index (κ2) is 7.52. The fourth-order valence-corrected chi connectivity index (χ4v) is 4.88. The number of hydrogen-bond donors (Lipinski definition) is 0. The highest BCUT2D eigenvalue weighted by Crippen LogP contribution is 2.34. The zero-order chi connectivity index (χ0) is 20.8. The number of carbonyl (C=O) groups excluding carboxylic acids is 2. The Morgan fingerprint density at radius 3 is 2.59 bits per heavy atom. The van der Waals surface area contributed by atoms with Crippen LogP contribution in [0.25, 0.3) is 0 Å². The molecule has 2 fully saturated rings. The van der Waals surface area contributed by atoms with E-state index in [9.17, 15) is 9.59 Å². The van der Waals surface area contributed by atoms with Crippen LogP contribution in [0.4, 0.5) is 4.79 Å². The van der Waals surface area contributed by atoms with E-state index in [2.05, 4.69) is 4.90 Å². The summed E-state index contributed by atoms with van der Waals surface area (Å²) in [7, 11) is 0. The summed E-state index contributed by atoms with van der Waals surface area (Å²) in [5, 5.41) is 0. The number of rotatable bonds is 4. The Hall–Kier alpha value is -2.28. The quantitative estimate of drug-likeness (QED) is 0.726. The molecule has 0 unspecified atom stereocenters. The highest BCUT2D eigenvalue weighted by Gasteiger charge is 2.54. The first kappa shape index (κ1) is 20.0. The van der Waals surface area contributed by atoms with Gasteiger partial charge in [0.2, 0.25) is 0 Å². The van der Waals surface area contributed by atoms with Crippen molar-refractivity contribution in [1.82, 2.24) is 14.7 Å². The average molecular weight is 402 g/mol. The third kappa shape index (κ3) is 3.56. The fourth-order valence-electron chi connectivity index (χ4n) is 4.88. The standard InChI is InChI=1S/C22H31N3O4/c1-15(2)25-21(27)24(20(26)22(25,3)4)16-8-7-11-23(12-16)13-17-14-28-18-9-5-6-10-19(18)29-17/h5-6,9-10,15-17H,7-8,11-14H2,1-4H3/t16-,17-/m0/s1. The van der Waals surface area contributed by atoms with Crippen molar-refractivity contribution >= 4 is 11.9 Å². The van der Waals surface area contributed by atoms with Crippen molar-refractivity contribution in [3.05, 3.63) is 24.3 Å². The van der Waals surface area contributed by atoms with Gasteiger partial charge in [0, 0.05) is 19.1 Å². The van der Waals surface area contributed by atoms with Crippen LogP contribution in [-0.4, -0.2) is 76.6 Å². The smallest absolute Gasteiger partial charge is 0.328 e. The molecule has 1 aromatic carbocycles. The van der Waals surface area contributed by atoms with Crippen LogP contribution in [0.5, 0.6) is 11.5 Å². The number of likely N-dealkylation sites (tertiary alicyclic amines) is 1. The third-order valence-electron chi connectivity index (χ3n) is 6.15. The van der Waals surface area contributed by atoms with Crippen LogP contribution in [0.15, 0.2) is 24.3 Å². The molecule has 3 aliphatic rings. The summed E-state index contributed by atoms with van der Waals surface area (Å²) >= 11 is 0. The Kier molecular flexibility index (Phi) is 5.19. The molecule has 0 radical (unpaired) electrons. The summed E-state index contributed by atoms with van der Waals surface area (Å²) in [6.07, 6.45) is 1.74. The van der Waals surface area contributed by atoms with Gasteiger partial charge >= 0.3 is 6.03 Å². The van der Waals surface area contributed by atoms with Crippen molar-refractivity contribution < 1.29 is 19.1 Å². The number of fused-ring (bicyclic) bond motifs is 1. The van der Waals surface area contributed by atoms with Gasteiger partial charge in [-0.3, -0.25) is 14.6 Å². The topological polar surface area (TPSA) is 62.3 Å². The van der Waals surface area contributed by atoms with Gasteiger partial charge in [-0.05, 0) is 59.2 Å². The van der Waals surface area contributed by atoms with Gasteiger partial charge in [-0.25, -0.2) is 4.79 Å². The van der Waals surface area contributed by atoms with Crippen molar-refractivity contribution in [3.8, 4) is 11.5 Å². The van der Waals surface area contributed by atoms with Crippen molar-refractivity contribution in [1.29, 1.82) is 0 Å². The van der Waals surface area contributed by atoms with Gasteiger partial charge < -0.3 is 14.4 Å².